The molecule has 1 aliphatic carbocycles. The Labute approximate surface area is 121 Å². The van der Waals surface area contributed by atoms with Gasteiger partial charge in [-0.1, -0.05) is 0 Å². The molecule has 118 valence electrons. The summed E-state index contributed by atoms with van der Waals surface area (Å²) < 4.78 is 27.3. The number of rotatable bonds is 9. The van der Waals surface area contributed by atoms with Crippen LogP contribution in [0.15, 0.2) is 4.99 Å². The Kier molecular flexibility index (Phi) is 7.25. The van der Waals surface area contributed by atoms with E-state index >= 15 is 0 Å². The van der Waals surface area contributed by atoms with Crippen LogP contribution >= 0.6 is 0 Å². The zero-order chi connectivity index (χ0) is 15.0. The van der Waals surface area contributed by atoms with E-state index in [1.807, 2.05) is 18.9 Å². The molecule has 0 unspecified atom stereocenters. The average Bonchev–Trinajstić information content (AvgIpc) is 3.16. The number of likely N-dealkylation sites (N-methyl/N-ethyl adjacent to an activating group) is 1. The van der Waals surface area contributed by atoms with Crippen molar-refractivity contribution < 1.29 is 13.2 Å². The van der Waals surface area contributed by atoms with Gasteiger partial charge in [-0.25, -0.2) is 13.6 Å². The van der Waals surface area contributed by atoms with Crippen LogP contribution in [0, 0.1) is 5.92 Å². The smallest absolute Gasteiger partial charge is 0.210 e. The van der Waals surface area contributed by atoms with Gasteiger partial charge in [-0.15, -0.1) is 0 Å². The Hall–Kier alpha value is -0.860. The van der Waals surface area contributed by atoms with Gasteiger partial charge in [0.15, 0.2) is 5.96 Å². The van der Waals surface area contributed by atoms with Crippen molar-refractivity contribution in [2.75, 3.05) is 45.6 Å². The zero-order valence-corrected chi connectivity index (χ0v) is 13.2. The Morgan fingerprint density at radius 1 is 1.50 bits per heavy atom. The van der Waals surface area contributed by atoms with Gasteiger partial charge in [-0.05, 0) is 25.7 Å². The molecule has 1 rings (SSSR count). The monoisotopic (exact) mass is 306 g/mol. The normalized spacial score (nSPS) is 16.2. The van der Waals surface area contributed by atoms with E-state index < -0.39 is 10.0 Å². The molecule has 0 atom stereocenters. The van der Waals surface area contributed by atoms with Gasteiger partial charge >= 0.3 is 0 Å². The molecule has 0 aromatic carbocycles. The van der Waals surface area contributed by atoms with Gasteiger partial charge < -0.3 is 15.0 Å². The van der Waals surface area contributed by atoms with Crippen molar-refractivity contribution in [2.45, 2.75) is 19.8 Å². The minimum atomic E-state index is -3.46. The fraction of sp³-hybridized carbons (Fsp3) is 0.917. The molecule has 0 aromatic heterocycles. The van der Waals surface area contributed by atoms with Crippen LogP contribution in [-0.4, -0.2) is 64.9 Å². The number of ether oxygens (including phenoxy) is 1. The topological polar surface area (TPSA) is 97.0 Å². The first kappa shape index (κ1) is 17.2. The second-order valence-corrected chi connectivity index (χ2v) is 6.78. The lowest BCUT2D eigenvalue weighted by Crippen LogP contribution is -2.41. The molecular weight excluding hydrogens is 280 g/mol. The standard InChI is InChI=1S/C12H26N4O3S/c1-3-14-12(15-6-9-20(13,17)18)16(2)7-8-19-10-11-4-5-11/h11H,3-10H2,1-2H3,(H,14,15)(H2,13,17,18). The Morgan fingerprint density at radius 3 is 2.75 bits per heavy atom. The lowest BCUT2D eigenvalue weighted by molar-refractivity contribution is 0.115. The van der Waals surface area contributed by atoms with Crippen LogP contribution in [-0.2, 0) is 14.8 Å². The summed E-state index contributed by atoms with van der Waals surface area (Å²) in [5.74, 6) is 1.29. The minimum Gasteiger partial charge on any atom is -0.379 e. The average molecular weight is 306 g/mol. The molecule has 0 spiro atoms. The molecule has 7 nitrogen and oxygen atoms in total. The molecule has 20 heavy (non-hydrogen) atoms. The van der Waals surface area contributed by atoms with Gasteiger partial charge in [0.2, 0.25) is 10.0 Å². The summed E-state index contributed by atoms with van der Waals surface area (Å²) in [6.45, 7) is 5.05. The van der Waals surface area contributed by atoms with Crippen LogP contribution in [0.3, 0.4) is 0 Å². The number of hydrogen-bond donors (Lipinski definition) is 2. The van der Waals surface area contributed by atoms with E-state index in [9.17, 15) is 8.42 Å². The molecule has 8 heteroatoms. The number of nitrogens with two attached hydrogens (primary N) is 1. The fourth-order valence-electron chi connectivity index (χ4n) is 1.59. The predicted molar refractivity (Wildman–Crippen MR) is 80.1 cm³/mol. The second-order valence-electron chi connectivity index (χ2n) is 5.04. The van der Waals surface area contributed by atoms with E-state index in [4.69, 9.17) is 9.88 Å². The number of sulfonamides is 1. The summed E-state index contributed by atoms with van der Waals surface area (Å²) in [6.07, 6.45) is 2.57. The highest BCUT2D eigenvalue weighted by molar-refractivity contribution is 7.89. The zero-order valence-electron chi connectivity index (χ0n) is 12.3. The maximum absolute atomic E-state index is 10.9. The third kappa shape index (κ3) is 8.34. The number of nitrogens with zero attached hydrogens (tertiary/aromatic N) is 2. The van der Waals surface area contributed by atoms with Crippen LogP contribution in [0.1, 0.15) is 19.8 Å². The van der Waals surface area contributed by atoms with Crippen LogP contribution < -0.4 is 10.5 Å². The van der Waals surface area contributed by atoms with E-state index in [-0.39, 0.29) is 12.3 Å². The molecule has 0 aromatic rings. The van der Waals surface area contributed by atoms with E-state index in [0.29, 0.717) is 19.1 Å². The maximum atomic E-state index is 10.9. The largest absolute Gasteiger partial charge is 0.379 e. The lowest BCUT2D eigenvalue weighted by Gasteiger charge is -2.21. The van der Waals surface area contributed by atoms with Crippen molar-refractivity contribution in [3.63, 3.8) is 0 Å². The van der Waals surface area contributed by atoms with Crippen LogP contribution in [0.25, 0.3) is 0 Å². The molecular formula is C12H26N4O3S. The molecule has 1 fully saturated rings. The number of primary sulfonamides is 1. The highest BCUT2D eigenvalue weighted by Gasteiger charge is 2.21. The third-order valence-electron chi connectivity index (χ3n) is 2.96. The van der Waals surface area contributed by atoms with E-state index in [2.05, 4.69) is 10.3 Å². The molecule has 0 amide bonds. The molecule has 0 bridgehead atoms. The molecule has 0 radical (unpaired) electrons. The van der Waals surface area contributed by atoms with Gasteiger partial charge in [0.25, 0.3) is 0 Å². The number of guanidine groups is 1. The summed E-state index contributed by atoms with van der Waals surface area (Å²) in [4.78, 5) is 6.17. The highest BCUT2D eigenvalue weighted by atomic mass is 32.2. The molecule has 0 aliphatic heterocycles. The lowest BCUT2D eigenvalue weighted by atomic mass is 10.5. The second kappa shape index (κ2) is 8.43. The van der Waals surface area contributed by atoms with Crippen molar-refractivity contribution in [3.05, 3.63) is 0 Å². The number of hydrogen-bond acceptors (Lipinski definition) is 4. The van der Waals surface area contributed by atoms with Crippen molar-refractivity contribution in [2.24, 2.45) is 16.0 Å². The summed E-state index contributed by atoms with van der Waals surface area (Å²) in [5.41, 5.74) is 0. The summed E-state index contributed by atoms with van der Waals surface area (Å²) >= 11 is 0. The number of nitrogens with one attached hydrogen (secondary N) is 1. The summed E-state index contributed by atoms with van der Waals surface area (Å²) in [7, 11) is -1.56. The molecule has 3 N–H and O–H groups in total. The first-order valence-electron chi connectivity index (χ1n) is 7.00. The Morgan fingerprint density at radius 2 is 2.20 bits per heavy atom. The predicted octanol–water partition coefficient (Wildman–Crippen LogP) is -0.401. The quantitative estimate of drug-likeness (QED) is 0.343. The van der Waals surface area contributed by atoms with Gasteiger partial charge in [-0.3, -0.25) is 4.99 Å². The fourth-order valence-corrected chi connectivity index (χ4v) is 1.94. The van der Waals surface area contributed by atoms with E-state index in [1.54, 1.807) is 0 Å². The molecule has 1 saturated carbocycles. The van der Waals surface area contributed by atoms with Gasteiger partial charge in [0.1, 0.15) is 0 Å². The van der Waals surface area contributed by atoms with Crippen LogP contribution in [0.4, 0.5) is 0 Å². The first-order valence-corrected chi connectivity index (χ1v) is 8.71. The maximum Gasteiger partial charge on any atom is 0.210 e. The molecule has 0 heterocycles. The van der Waals surface area contributed by atoms with Gasteiger partial charge in [0.05, 0.1) is 18.9 Å². The van der Waals surface area contributed by atoms with Crippen molar-refractivity contribution in [3.8, 4) is 0 Å². The first-order chi connectivity index (χ1) is 9.42. The number of aliphatic imine (C=N–C) groups is 1. The van der Waals surface area contributed by atoms with Crippen molar-refractivity contribution >= 4 is 16.0 Å². The third-order valence-corrected chi connectivity index (χ3v) is 3.71. The summed E-state index contributed by atoms with van der Waals surface area (Å²) in [6, 6.07) is 0. The molecule has 0 saturated heterocycles. The van der Waals surface area contributed by atoms with E-state index in [1.165, 1.54) is 12.8 Å². The Balaban J connectivity index is 2.31. The summed E-state index contributed by atoms with van der Waals surface area (Å²) in [5, 5.41) is 8.07. The van der Waals surface area contributed by atoms with Crippen molar-refractivity contribution in [1.82, 2.24) is 10.2 Å². The van der Waals surface area contributed by atoms with Crippen molar-refractivity contribution in [1.29, 1.82) is 0 Å². The minimum absolute atomic E-state index is 0.145. The molecule has 1 aliphatic rings. The van der Waals surface area contributed by atoms with Gasteiger partial charge in [-0.2, -0.15) is 0 Å². The highest BCUT2D eigenvalue weighted by Crippen LogP contribution is 2.28. The van der Waals surface area contributed by atoms with Crippen LogP contribution in [0.2, 0.25) is 0 Å². The van der Waals surface area contributed by atoms with Crippen LogP contribution in [0.5, 0.6) is 0 Å². The SMILES string of the molecule is CCNC(=NCCS(N)(=O)=O)N(C)CCOCC1CC1. The van der Waals surface area contributed by atoms with Gasteiger partial charge in [0, 0.05) is 26.7 Å². The Bertz CT molecular complexity index is 407. The van der Waals surface area contributed by atoms with E-state index in [0.717, 1.165) is 19.1 Å².